The molecule has 0 aromatic heterocycles. The Morgan fingerprint density at radius 3 is 2.75 bits per heavy atom. The van der Waals surface area contributed by atoms with Crippen LogP contribution in [0.25, 0.3) is 0 Å². The Hall–Kier alpha value is -1.63. The van der Waals surface area contributed by atoms with Crippen molar-refractivity contribution >= 4 is 5.91 Å². The van der Waals surface area contributed by atoms with E-state index in [1.165, 1.54) is 5.56 Å². The summed E-state index contributed by atoms with van der Waals surface area (Å²) in [6.07, 6.45) is 2.50. The molecule has 3 rings (SSSR count). The highest BCUT2D eigenvalue weighted by molar-refractivity contribution is 5.73. The summed E-state index contributed by atoms with van der Waals surface area (Å²) in [7, 11) is 4.09. The number of likely N-dealkylation sites (tertiary alicyclic amines) is 2. The second-order valence-electron chi connectivity index (χ2n) is 8.83. The molecule has 1 atom stereocenters. The first-order chi connectivity index (χ1) is 13.3. The smallest absolute Gasteiger partial charge is 0.219 e. The number of likely N-dealkylation sites (N-methyl/N-ethyl adjacent to an activating group) is 1. The Balaban J connectivity index is 1.52. The minimum Gasteiger partial charge on any atom is -0.492 e. The van der Waals surface area contributed by atoms with Gasteiger partial charge in [0.25, 0.3) is 0 Å². The number of amides is 1. The zero-order valence-electron chi connectivity index (χ0n) is 17.6. The highest BCUT2D eigenvalue weighted by atomic mass is 16.5. The number of β-amino-alcohol motifs (C(OH)–C–C–N with tert-alkyl or cyclic N) is 1. The predicted octanol–water partition coefficient (Wildman–Crippen LogP) is 1.82. The maximum absolute atomic E-state index is 11.8. The van der Waals surface area contributed by atoms with Crippen molar-refractivity contribution in [2.45, 2.75) is 38.8 Å². The zero-order chi connectivity index (χ0) is 20.1. The molecule has 1 unspecified atom stereocenters. The monoisotopic (exact) mass is 389 g/mol. The van der Waals surface area contributed by atoms with Gasteiger partial charge >= 0.3 is 0 Å². The summed E-state index contributed by atoms with van der Waals surface area (Å²) in [4.78, 5) is 18.2. The van der Waals surface area contributed by atoms with Gasteiger partial charge in [0.2, 0.25) is 5.91 Å². The van der Waals surface area contributed by atoms with Crippen LogP contribution < -0.4 is 4.74 Å². The lowest BCUT2D eigenvalue weighted by molar-refractivity contribution is -0.138. The van der Waals surface area contributed by atoms with Gasteiger partial charge in [-0.2, -0.15) is 0 Å². The molecule has 6 nitrogen and oxygen atoms in total. The summed E-state index contributed by atoms with van der Waals surface area (Å²) >= 11 is 0. The molecule has 0 radical (unpaired) electrons. The first kappa shape index (κ1) is 21.1. The maximum atomic E-state index is 11.8. The number of carbonyl (C=O) groups excluding carboxylic acids is 1. The predicted molar refractivity (Wildman–Crippen MR) is 110 cm³/mol. The quantitative estimate of drug-likeness (QED) is 0.804. The summed E-state index contributed by atoms with van der Waals surface area (Å²) in [6, 6.07) is 8.38. The first-order valence-electron chi connectivity index (χ1n) is 10.4. The number of carbonyl (C=O) groups is 1. The summed E-state index contributed by atoms with van der Waals surface area (Å²) in [5.74, 6) is 1.01. The molecule has 2 heterocycles. The number of hydrogen-bond acceptors (Lipinski definition) is 5. The minimum absolute atomic E-state index is 0.0756. The second-order valence-corrected chi connectivity index (χ2v) is 8.83. The van der Waals surface area contributed by atoms with Crippen LogP contribution in [0.3, 0.4) is 0 Å². The molecule has 2 fully saturated rings. The van der Waals surface area contributed by atoms with Gasteiger partial charge in [-0.3, -0.25) is 9.69 Å². The van der Waals surface area contributed by atoms with Gasteiger partial charge in [-0.1, -0.05) is 12.1 Å². The van der Waals surface area contributed by atoms with E-state index in [4.69, 9.17) is 4.74 Å². The third kappa shape index (κ3) is 5.69. The van der Waals surface area contributed by atoms with Crippen LogP contribution in [-0.4, -0.2) is 85.2 Å². The molecule has 28 heavy (non-hydrogen) atoms. The molecule has 1 spiro atoms. The number of rotatable bonds is 6. The largest absolute Gasteiger partial charge is 0.492 e. The molecule has 0 aliphatic carbocycles. The van der Waals surface area contributed by atoms with Crippen LogP contribution in [0.4, 0.5) is 0 Å². The fraction of sp³-hybridized carbons (Fsp3) is 0.682. The molecule has 0 bridgehead atoms. The van der Waals surface area contributed by atoms with Crippen molar-refractivity contribution in [3.05, 3.63) is 29.8 Å². The number of piperidine rings is 2. The van der Waals surface area contributed by atoms with Crippen LogP contribution in [0.1, 0.15) is 31.7 Å². The van der Waals surface area contributed by atoms with E-state index in [0.29, 0.717) is 13.2 Å². The fourth-order valence-corrected chi connectivity index (χ4v) is 4.48. The van der Waals surface area contributed by atoms with Crippen LogP contribution in [-0.2, 0) is 11.3 Å². The van der Waals surface area contributed by atoms with E-state index < -0.39 is 0 Å². The van der Waals surface area contributed by atoms with Crippen molar-refractivity contribution in [2.75, 3.05) is 53.4 Å². The first-order valence-corrected chi connectivity index (χ1v) is 10.4. The van der Waals surface area contributed by atoms with E-state index in [1.54, 1.807) is 6.92 Å². The molecular formula is C22H35N3O3. The molecule has 6 heteroatoms. The van der Waals surface area contributed by atoms with Crippen molar-refractivity contribution < 1.29 is 14.6 Å². The lowest BCUT2D eigenvalue weighted by Gasteiger charge is -2.49. The summed E-state index contributed by atoms with van der Waals surface area (Å²) in [6.45, 7) is 7.41. The highest BCUT2D eigenvalue weighted by Gasteiger charge is 2.42. The van der Waals surface area contributed by atoms with E-state index in [9.17, 15) is 9.90 Å². The Bertz CT molecular complexity index is 656. The van der Waals surface area contributed by atoms with Gasteiger partial charge in [0.1, 0.15) is 12.4 Å². The summed E-state index contributed by atoms with van der Waals surface area (Å²) in [5, 5.41) is 10.3. The number of hydrogen-bond donors (Lipinski definition) is 1. The Kier molecular flexibility index (Phi) is 6.96. The average Bonchev–Trinajstić information content (AvgIpc) is 2.63. The Labute approximate surface area is 169 Å². The number of nitrogens with zero attached hydrogens (tertiary/aromatic N) is 3. The van der Waals surface area contributed by atoms with Crippen LogP contribution in [0.5, 0.6) is 5.75 Å². The van der Waals surface area contributed by atoms with Gasteiger partial charge in [-0.05, 0) is 69.6 Å². The normalized spacial score (nSPS) is 22.6. The number of aliphatic hydroxyl groups excluding tert-OH is 1. The molecular weight excluding hydrogens is 354 g/mol. The molecule has 1 aromatic rings. The van der Waals surface area contributed by atoms with E-state index in [-0.39, 0.29) is 17.4 Å². The molecule has 1 amide bonds. The highest BCUT2D eigenvalue weighted by Crippen LogP contribution is 2.40. The van der Waals surface area contributed by atoms with Crippen molar-refractivity contribution in [1.29, 1.82) is 0 Å². The Morgan fingerprint density at radius 1 is 1.32 bits per heavy atom. The van der Waals surface area contributed by atoms with Gasteiger partial charge in [-0.15, -0.1) is 0 Å². The maximum Gasteiger partial charge on any atom is 0.219 e. The van der Waals surface area contributed by atoms with Crippen LogP contribution in [0, 0.1) is 5.41 Å². The van der Waals surface area contributed by atoms with E-state index in [0.717, 1.165) is 57.7 Å². The van der Waals surface area contributed by atoms with E-state index in [2.05, 4.69) is 28.0 Å². The van der Waals surface area contributed by atoms with Crippen molar-refractivity contribution in [1.82, 2.24) is 14.7 Å². The van der Waals surface area contributed by atoms with Crippen molar-refractivity contribution in [2.24, 2.45) is 5.41 Å². The number of aliphatic hydroxyl groups is 1. The average molecular weight is 390 g/mol. The van der Waals surface area contributed by atoms with Gasteiger partial charge in [-0.25, -0.2) is 0 Å². The van der Waals surface area contributed by atoms with Crippen molar-refractivity contribution in [3.63, 3.8) is 0 Å². The van der Waals surface area contributed by atoms with Gasteiger partial charge in [0.15, 0.2) is 0 Å². The van der Waals surface area contributed by atoms with E-state index in [1.807, 2.05) is 25.1 Å². The summed E-state index contributed by atoms with van der Waals surface area (Å²) in [5.41, 5.74) is 1.35. The van der Waals surface area contributed by atoms with Gasteiger partial charge in [0.05, 0.1) is 6.10 Å². The van der Waals surface area contributed by atoms with Crippen LogP contribution >= 0.6 is 0 Å². The standard InChI is InChI=1S/C22H35N3O3/c1-18(26)25-16-20(27)14-22(17-25)7-9-24(10-8-22)15-19-5-4-6-21(13-19)28-12-11-23(2)3/h4-6,13,20,27H,7-12,14-17H2,1-3H3. The third-order valence-corrected chi connectivity index (χ3v) is 6.10. The number of ether oxygens (including phenoxy) is 1. The molecule has 0 saturated carbocycles. The van der Waals surface area contributed by atoms with Crippen LogP contribution in [0.15, 0.2) is 24.3 Å². The Morgan fingerprint density at radius 2 is 2.07 bits per heavy atom. The number of benzene rings is 1. The molecule has 2 aliphatic heterocycles. The molecule has 2 aliphatic rings. The lowest BCUT2D eigenvalue weighted by Crippen LogP contribution is -2.54. The summed E-state index contributed by atoms with van der Waals surface area (Å²) < 4.78 is 5.86. The SMILES string of the molecule is CC(=O)N1CC(O)CC2(CCN(Cc3cccc(OCCN(C)C)c3)CC2)C1. The zero-order valence-corrected chi connectivity index (χ0v) is 17.6. The molecule has 2 saturated heterocycles. The minimum atomic E-state index is -0.389. The van der Waals surface area contributed by atoms with Gasteiger partial charge in [0, 0.05) is 33.1 Å². The second kappa shape index (κ2) is 9.25. The third-order valence-electron chi connectivity index (χ3n) is 6.10. The molecule has 1 aromatic carbocycles. The lowest BCUT2D eigenvalue weighted by atomic mass is 9.71. The fourth-order valence-electron chi connectivity index (χ4n) is 4.48. The van der Waals surface area contributed by atoms with E-state index >= 15 is 0 Å². The topological polar surface area (TPSA) is 56.3 Å². The molecule has 1 N–H and O–H groups in total. The molecule has 156 valence electrons. The van der Waals surface area contributed by atoms with Crippen LogP contribution in [0.2, 0.25) is 0 Å². The van der Waals surface area contributed by atoms with Gasteiger partial charge < -0.3 is 19.6 Å². The van der Waals surface area contributed by atoms with Crippen molar-refractivity contribution in [3.8, 4) is 5.75 Å².